The average Bonchev–Trinajstić information content (AvgIpc) is 2.53. The molecule has 0 amide bonds. The molecule has 0 atom stereocenters. The number of nitrogens with zero attached hydrogens (tertiary/aromatic N) is 2. The third-order valence-corrected chi connectivity index (χ3v) is 2.43. The lowest BCUT2D eigenvalue weighted by Gasteiger charge is -2.00. The fourth-order valence-corrected chi connectivity index (χ4v) is 1.73. The fraction of sp³-hybridized carbons (Fsp3) is 0.333. The molecule has 84 valence electrons. The largest absolute Gasteiger partial charge is 0.462 e. The van der Waals surface area contributed by atoms with E-state index in [2.05, 4.69) is 5.10 Å². The Kier molecular flexibility index (Phi) is 2.64. The number of rotatable bonds is 2. The summed E-state index contributed by atoms with van der Waals surface area (Å²) in [5.41, 5.74) is 3.15. The predicted octanol–water partition coefficient (Wildman–Crippen LogP) is 2.13. The van der Waals surface area contributed by atoms with E-state index in [9.17, 15) is 4.79 Å². The minimum Gasteiger partial charge on any atom is -0.462 e. The van der Waals surface area contributed by atoms with E-state index in [0.29, 0.717) is 17.9 Å². The van der Waals surface area contributed by atoms with Crippen molar-refractivity contribution < 1.29 is 9.53 Å². The molecule has 0 radical (unpaired) electrons. The van der Waals surface area contributed by atoms with Crippen LogP contribution in [-0.4, -0.2) is 22.2 Å². The Morgan fingerprint density at radius 3 is 2.88 bits per heavy atom. The van der Waals surface area contributed by atoms with Crippen molar-refractivity contribution >= 4 is 11.5 Å². The van der Waals surface area contributed by atoms with Crippen molar-refractivity contribution in [2.45, 2.75) is 20.8 Å². The lowest BCUT2D eigenvalue weighted by Crippen LogP contribution is -2.05. The van der Waals surface area contributed by atoms with Gasteiger partial charge in [-0.05, 0) is 32.4 Å². The van der Waals surface area contributed by atoms with Crippen molar-refractivity contribution in [1.82, 2.24) is 9.61 Å². The number of hydrogen-bond acceptors (Lipinski definition) is 3. The lowest BCUT2D eigenvalue weighted by molar-refractivity contribution is 0.0528. The molecule has 0 fully saturated rings. The predicted molar refractivity (Wildman–Crippen MR) is 60.6 cm³/mol. The molecule has 0 bridgehead atoms. The first-order chi connectivity index (χ1) is 7.63. The molecule has 0 unspecified atom stereocenters. The third-order valence-electron chi connectivity index (χ3n) is 2.43. The molecule has 2 rings (SSSR count). The van der Waals surface area contributed by atoms with Gasteiger partial charge in [0.15, 0.2) is 0 Å². The smallest absolute Gasteiger partial charge is 0.342 e. The molecular weight excluding hydrogens is 204 g/mol. The van der Waals surface area contributed by atoms with Gasteiger partial charge in [-0.15, -0.1) is 0 Å². The van der Waals surface area contributed by atoms with Gasteiger partial charge in [-0.25, -0.2) is 9.31 Å². The van der Waals surface area contributed by atoms with E-state index >= 15 is 0 Å². The van der Waals surface area contributed by atoms with E-state index in [1.54, 1.807) is 11.4 Å². The molecule has 0 saturated heterocycles. The molecule has 2 heterocycles. The Morgan fingerprint density at radius 2 is 2.19 bits per heavy atom. The van der Waals surface area contributed by atoms with Crippen LogP contribution in [0, 0.1) is 13.8 Å². The zero-order chi connectivity index (χ0) is 11.7. The Hall–Kier alpha value is -1.84. The highest BCUT2D eigenvalue weighted by Crippen LogP contribution is 2.17. The van der Waals surface area contributed by atoms with Crippen LogP contribution in [0.25, 0.3) is 5.52 Å². The molecule has 0 saturated carbocycles. The number of fused-ring (bicyclic) bond motifs is 1. The number of hydrogen-bond donors (Lipinski definition) is 0. The molecule has 2 aromatic heterocycles. The number of aryl methyl sites for hydroxylation is 2. The molecule has 0 aliphatic rings. The van der Waals surface area contributed by atoms with Crippen LogP contribution >= 0.6 is 0 Å². The quantitative estimate of drug-likeness (QED) is 0.725. The van der Waals surface area contributed by atoms with Crippen LogP contribution in [0.4, 0.5) is 0 Å². The summed E-state index contributed by atoms with van der Waals surface area (Å²) in [4.78, 5) is 11.7. The summed E-state index contributed by atoms with van der Waals surface area (Å²) in [5.74, 6) is -0.307. The number of carbonyl (C=O) groups excluding carboxylic acids is 1. The standard InChI is InChI=1S/C12H14N2O2/c1-4-16-12(15)11-9(3)13-14-7-8(2)5-6-10(11)14/h5-7H,4H2,1-3H3. The number of aromatic nitrogens is 2. The van der Waals surface area contributed by atoms with Crippen LogP contribution < -0.4 is 0 Å². The summed E-state index contributed by atoms with van der Waals surface area (Å²) >= 11 is 0. The summed E-state index contributed by atoms with van der Waals surface area (Å²) in [5, 5.41) is 4.29. The van der Waals surface area contributed by atoms with E-state index in [-0.39, 0.29) is 5.97 Å². The normalized spacial score (nSPS) is 10.7. The maximum absolute atomic E-state index is 11.7. The van der Waals surface area contributed by atoms with Crippen LogP contribution in [0.2, 0.25) is 0 Å². The number of pyridine rings is 1. The van der Waals surface area contributed by atoms with Crippen molar-refractivity contribution in [3.8, 4) is 0 Å². The van der Waals surface area contributed by atoms with Gasteiger partial charge in [-0.3, -0.25) is 0 Å². The molecule has 0 N–H and O–H groups in total. The van der Waals surface area contributed by atoms with Gasteiger partial charge in [0.25, 0.3) is 0 Å². The summed E-state index contributed by atoms with van der Waals surface area (Å²) in [6.07, 6.45) is 1.89. The highest BCUT2D eigenvalue weighted by Gasteiger charge is 2.17. The van der Waals surface area contributed by atoms with Gasteiger partial charge < -0.3 is 4.74 Å². The van der Waals surface area contributed by atoms with Crippen LogP contribution in [0.15, 0.2) is 18.3 Å². The molecule has 4 nitrogen and oxygen atoms in total. The minimum absolute atomic E-state index is 0.307. The fourth-order valence-electron chi connectivity index (χ4n) is 1.73. The van der Waals surface area contributed by atoms with Gasteiger partial charge in [0.1, 0.15) is 5.56 Å². The molecule has 0 aromatic carbocycles. The van der Waals surface area contributed by atoms with Crippen LogP contribution in [0.5, 0.6) is 0 Å². The second kappa shape index (κ2) is 3.96. The molecule has 4 heteroatoms. The van der Waals surface area contributed by atoms with Gasteiger partial charge >= 0.3 is 5.97 Å². The maximum Gasteiger partial charge on any atom is 0.342 e. The lowest BCUT2D eigenvalue weighted by atomic mass is 10.2. The van der Waals surface area contributed by atoms with Gasteiger partial charge in [0.2, 0.25) is 0 Å². The zero-order valence-corrected chi connectivity index (χ0v) is 9.65. The van der Waals surface area contributed by atoms with Crippen molar-refractivity contribution in [1.29, 1.82) is 0 Å². The van der Waals surface area contributed by atoms with E-state index in [4.69, 9.17) is 4.74 Å². The van der Waals surface area contributed by atoms with Gasteiger partial charge in [0, 0.05) is 6.20 Å². The maximum atomic E-state index is 11.7. The first-order valence-corrected chi connectivity index (χ1v) is 5.26. The number of esters is 1. The van der Waals surface area contributed by atoms with Crippen molar-refractivity contribution in [3.05, 3.63) is 35.2 Å². The Morgan fingerprint density at radius 1 is 1.44 bits per heavy atom. The van der Waals surface area contributed by atoms with Crippen molar-refractivity contribution in [2.75, 3.05) is 6.61 Å². The first kappa shape index (κ1) is 10.7. The summed E-state index contributed by atoms with van der Waals surface area (Å²) in [7, 11) is 0. The summed E-state index contributed by atoms with van der Waals surface area (Å²) in [6, 6.07) is 3.85. The first-order valence-electron chi connectivity index (χ1n) is 5.26. The molecule has 0 spiro atoms. The van der Waals surface area contributed by atoms with E-state index < -0.39 is 0 Å². The second-order valence-electron chi connectivity index (χ2n) is 3.72. The Bertz CT molecular complexity index is 543. The third kappa shape index (κ3) is 1.66. The zero-order valence-electron chi connectivity index (χ0n) is 9.65. The second-order valence-corrected chi connectivity index (χ2v) is 3.72. The Balaban J connectivity index is 2.60. The molecule has 0 aliphatic carbocycles. The van der Waals surface area contributed by atoms with Crippen LogP contribution in [0.3, 0.4) is 0 Å². The van der Waals surface area contributed by atoms with Crippen LogP contribution in [-0.2, 0) is 4.74 Å². The molecule has 2 aromatic rings. The molecular formula is C12H14N2O2. The minimum atomic E-state index is -0.307. The monoisotopic (exact) mass is 218 g/mol. The average molecular weight is 218 g/mol. The van der Waals surface area contributed by atoms with Gasteiger partial charge in [-0.1, -0.05) is 6.07 Å². The topological polar surface area (TPSA) is 43.6 Å². The highest BCUT2D eigenvalue weighted by atomic mass is 16.5. The van der Waals surface area contributed by atoms with Crippen LogP contribution in [0.1, 0.15) is 28.5 Å². The van der Waals surface area contributed by atoms with E-state index in [0.717, 1.165) is 11.1 Å². The van der Waals surface area contributed by atoms with Crippen molar-refractivity contribution in [2.24, 2.45) is 0 Å². The SMILES string of the molecule is CCOC(=O)c1c(C)nn2cc(C)ccc12. The van der Waals surface area contributed by atoms with E-state index in [1.807, 2.05) is 32.2 Å². The molecule has 16 heavy (non-hydrogen) atoms. The van der Waals surface area contributed by atoms with Crippen molar-refractivity contribution in [3.63, 3.8) is 0 Å². The summed E-state index contributed by atoms with van der Waals surface area (Å²) < 4.78 is 6.73. The summed E-state index contributed by atoms with van der Waals surface area (Å²) in [6.45, 7) is 5.97. The highest BCUT2D eigenvalue weighted by molar-refractivity contribution is 5.98. The van der Waals surface area contributed by atoms with E-state index in [1.165, 1.54) is 0 Å². The number of ether oxygens (including phenoxy) is 1. The molecule has 0 aliphatic heterocycles. The number of carbonyl (C=O) groups is 1. The van der Waals surface area contributed by atoms with Gasteiger partial charge in [0.05, 0.1) is 17.8 Å². The van der Waals surface area contributed by atoms with Gasteiger partial charge in [-0.2, -0.15) is 5.10 Å². The Labute approximate surface area is 93.8 Å².